The average molecular weight is 328 g/mol. The number of rotatable bonds is 4. The molecule has 0 radical (unpaired) electrons. The standard InChI is InChI=1S/C20H28N2O2/c1-4-15-7-8-19-18(12-15)16(14-24-19)13-20(23)22-10-5-6-17(9-11-22)21(2)3/h7-8,12,14,17H,4-6,9-11,13H2,1-3H3/t17-/m0/s1. The lowest BCUT2D eigenvalue weighted by Gasteiger charge is -2.23. The van der Waals surface area contributed by atoms with Crippen LogP contribution in [0.25, 0.3) is 11.0 Å². The number of aryl methyl sites for hydroxylation is 1. The van der Waals surface area contributed by atoms with Crippen LogP contribution >= 0.6 is 0 Å². The van der Waals surface area contributed by atoms with Crippen molar-refractivity contribution in [2.24, 2.45) is 0 Å². The first-order valence-electron chi connectivity index (χ1n) is 9.01. The SMILES string of the molecule is CCc1ccc2occ(CC(=O)N3CCC[C@H](N(C)C)CC3)c2c1. The zero-order valence-electron chi connectivity index (χ0n) is 15.0. The van der Waals surface area contributed by atoms with E-state index < -0.39 is 0 Å². The minimum Gasteiger partial charge on any atom is -0.464 e. The molecule has 1 aromatic heterocycles. The Hall–Kier alpha value is -1.81. The van der Waals surface area contributed by atoms with Crippen LogP contribution in [0.4, 0.5) is 0 Å². The predicted molar refractivity (Wildman–Crippen MR) is 97.2 cm³/mol. The summed E-state index contributed by atoms with van der Waals surface area (Å²) in [5.41, 5.74) is 3.17. The van der Waals surface area contributed by atoms with Crippen molar-refractivity contribution < 1.29 is 9.21 Å². The third kappa shape index (κ3) is 3.64. The summed E-state index contributed by atoms with van der Waals surface area (Å²) in [6, 6.07) is 6.85. The second kappa shape index (κ2) is 7.39. The number of hydrogen-bond donors (Lipinski definition) is 0. The van der Waals surface area contributed by atoms with Crippen LogP contribution in [0.15, 0.2) is 28.9 Å². The molecule has 1 atom stereocenters. The predicted octanol–water partition coefficient (Wildman–Crippen LogP) is 3.48. The van der Waals surface area contributed by atoms with Crippen molar-refractivity contribution in [3.05, 3.63) is 35.6 Å². The number of benzene rings is 1. The van der Waals surface area contributed by atoms with Gasteiger partial charge in [0.1, 0.15) is 5.58 Å². The van der Waals surface area contributed by atoms with Crippen molar-refractivity contribution in [3.8, 4) is 0 Å². The maximum atomic E-state index is 12.8. The summed E-state index contributed by atoms with van der Waals surface area (Å²) in [6.45, 7) is 3.88. The highest BCUT2D eigenvalue weighted by atomic mass is 16.3. The van der Waals surface area contributed by atoms with Crippen LogP contribution in [0.5, 0.6) is 0 Å². The van der Waals surface area contributed by atoms with Gasteiger partial charge in [0.05, 0.1) is 12.7 Å². The molecular formula is C20H28N2O2. The Morgan fingerprint density at radius 3 is 2.88 bits per heavy atom. The Morgan fingerprint density at radius 1 is 1.29 bits per heavy atom. The van der Waals surface area contributed by atoms with Gasteiger partial charge in [-0.05, 0) is 57.5 Å². The first-order chi connectivity index (χ1) is 11.6. The number of amides is 1. The minimum absolute atomic E-state index is 0.221. The molecule has 130 valence electrons. The van der Waals surface area contributed by atoms with Crippen LogP contribution in [0.1, 0.15) is 37.3 Å². The Balaban J connectivity index is 1.70. The molecule has 24 heavy (non-hydrogen) atoms. The Labute approximate surface area is 144 Å². The molecular weight excluding hydrogens is 300 g/mol. The van der Waals surface area contributed by atoms with E-state index in [0.717, 1.165) is 48.9 Å². The topological polar surface area (TPSA) is 36.7 Å². The van der Waals surface area contributed by atoms with Crippen molar-refractivity contribution >= 4 is 16.9 Å². The van der Waals surface area contributed by atoms with E-state index in [1.54, 1.807) is 6.26 Å². The summed E-state index contributed by atoms with van der Waals surface area (Å²) in [7, 11) is 4.26. The van der Waals surface area contributed by atoms with Gasteiger partial charge in [-0.1, -0.05) is 13.0 Å². The van der Waals surface area contributed by atoms with Gasteiger partial charge >= 0.3 is 0 Å². The minimum atomic E-state index is 0.221. The molecule has 1 aliphatic rings. The van der Waals surface area contributed by atoms with E-state index in [9.17, 15) is 4.79 Å². The largest absolute Gasteiger partial charge is 0.464 e. The zero-order chi connectivity index (χ0) is 17.1. The van der Waals surface area contributed by atoms with Gasteiger partial charge in [0.2, 0.25) is 5.91 Å². The zero-order valence-corrected chi connectivity index (χ0v) is 15.0. The maximum Gasteiger partial charge on any atom is 0.227 e. The van der Waals surface area contributed by atoms with Crippen molar-refractivity contribution in [2.45, 2.75) is 45.1 Å². The lowest BCUT2D eigenvalue weighted by atomic mass is 10.1. The molecule has 4 nitrogen and oxygen atoms in total. The molecule has 1 amide bonds. The Bertz CT molecular complexity index is 705. The van der Waals surface area contributed by atoms with Crippen LogP contribution in [0.3, 0.4) is 0 Å². The van der Waals surface area contributed by atoms with Gasteiger partial charge in [0.25, 0.3) is 0 Å². The normalized spacial score (nSPS) is 19.0. The van der Waals surface area contributed by atoms with E-state index in [4.69, 9.17) is 4.42 Å². The van der Waals surface area contributed by atoms with Gasteiger partial charge in [-0.15, -0.1) is 0 Å². The molecule has 1 aliphatic heterocycles. The van der Waals surface area contributed by atoms with E-state index in [0.29, 0.717) is 12.5 Å². The fourth-order valence-corrected chi connectivity index (χ4v) is 3.61. The third-order valence-corrected chi connectivity index (χ3v) is 5.25. The van der Waals surface area contributed by atoms with Gasteiger partial charge in [0, 0.05) is 30.1 Å². The second-order valence-corrected chi connectivity index (χ2v) is 7.05. The van der Waals surface area contributed by atoms with Gasteiger partial charge < -0.3 is 14.2 Å². The third-order valence-electron chi connectivity index (χ3n) is 5.25. The number of furan rings is 1. The van der Waals surface area contributed by atoms with Crippen LogP contribution in [-0.4, -0.2) is 48.9 Å². The number of likely N-dealkylation sites (tertiary alicyclic amines) is 1. The summed E-state index contributed by atoms with van der Waals surface area (Å²) >= 11 is 0. The molecule has 0 spiro atoms. The molecule has 2 aromatic rings. The quantitative estimate of drug-likeness (QED) is 0.862. The lowest BCUT2D eigenvalue weighted by molar-refractivity contribution is -0.130. The molecule has 2 heterocycles. The molecule has 0 unspecified atom stereocenters. The number of nitrogens with zero attached hydrogens (tertiary/aromatic N) is 2. The summed E-state index contributed by atoms with van der Waals surface area (Å²) in [4.78, 5) is 17.1. The molecule has 0 bridgehead atoms. The van der Waals surface area contributed by atoms with E-state index in [-0.39, 0.29) is 5.91 Å². The first-order valence-corrected chi connectivity index (χ1v) is 9.01. The van der Waals surface area contributed by atoms with Crippen molar-refractivity contribution in [1.82, 2.24) is 9.80 Å². The number of carbonyl (C=O) groups excluding carboxylic acids is 1. The average Bonchev–Trinajstić information content (AvgIpc) is 2.81. The summed E-state index contributed by atoms with van der Waals surface area (Å²) in [5.74, 6) is 0.221. The maximum absolute atomic E-state index is 12.8. The van der Waals surface area contributed by atoms with Crippen LogP contribution in [0, 0.1) is 0 Å². The van der Waals surface area contributed by atoms with Gasteiger partial charge in [0.15, 0.2) is 0 Å². The van der Waals surface area contributed by atoms with Gasteiger partial charge in [-0.3, -0.25) is 4.79 Å². The Morgan fingerprint density at radius 2 is 2.12 bits per heavy atom. The van der Waals surface area contributed by atoms with Crippen LogP contribution < -0.4 is 0 Å². The smallest absolute Gasteiger partial charge is 0.227 e. The molecule has 0 saturated carbocycles. The first kappa shape index (κ1) is 17.0. The Kier molecular flexibility index (Phi) is 5.24. The van der Waals surface area contributed by atoms with Crippen LogP contribution in [0.2, 0.25) is 0 Å². The van der Waals surface area contributed by atoms with E-state index in [1.165, 1.54) is 12.0 Å². The van der Waals surface area contributed by atoms with E-state index >= 15 is 0 Å². The van der Waals surface area contributed by atoms with Crippen LogP contribution in [-0.2, 0) is 17.6 Å². The fourth-order valence-electron chi connectivity index (χ4n) is 3.61. The summed E-state index contributed by atoms with van der Waals surface area (Å²) in [5, 5.41) is 1.09. The van der Waals surface area contributed by atoms with E-state index in [1.807, 2.05) is 11.0 Å². The van der Waals surface area contributed by atoms with Gasteiger partial charge in [-0.25, -0.2) is 0 Å². The van der Waals surface area contributed by atoms with Crippen molar-refractivity contribution in [2.75, 3.05) is 27.2 Å². The van der Waals surface area contributed by atoms with Crippen molar-refractivity contribution in [1.29, 1.82) is 0 Å². The second-order valence-electron chi connectivity index (χ2n) is 7.05. The molecule has 4 heteroatoms. The summed E-state index contributed by atoms with van der Waals surface area (Å²) < 4.78 is 5.63. The lowest BCUT2D eigenvalue weighted by Crippen LogP contribution is -2.34. The molecule has 0 N–H and O–H groups in total. The molecule has 0 aliphatic carbocycles. The molecule has 1 saturated heterocycles. The van der Waals surface area contributed by atoms with Gasteiger partial charge in [-0.2, -0.15) is 0 Å². The monoisotopic (exact) mass is 328 g/mol. The number of hydrogen-bond acceptors (Lipinski definition) is 3. The highest BCUT2D eigenvalue weighted by Gasteiger charge is 2.22. The molecule has 1 fully saturated rings. The number of carbonyl (C=O) groups is 1. The fraction of sp³-hybridized carbons (Fsp3) is 0.550. The molecule has 1 aromatic carbocycles. The number of fused-ring (bicyclic) bond motifs is 1. The summed E-state index contributed by atoms with van der Waals surface area (Å²) in [6.07, 6.45) is 6.50. The highest BCUT2D eigenvalue weighted by Crippen LogP contribution is 2.24. The highest BCUT2D eigenvalue weighted by molar-refractivity contribution is 5.88. The molecule has 3 rings (SSSR count). The van der Waals surface area contributed by atoms with Crippen molar-refractivity contribution in [3.63, 3.8) is 0 Å². The van der Waals surface area contributed by atoms with E-state index in [2.05, 4.69) is 38.1 Å².